The monoisotopic (exact) mass is 276 g/mol. The normalized spacial score (nSPS) is 28.1. The highest BCUT2D eigenvalue weighted by Crippen LogP contribution is 2.40. The second kappa shape index (κ2) is 5.56. The second-order valence-electron chi connectivity index (χ2n) is 6.30. The first-order valence-electron chi connectivity index (χ1n) is 7.73. The predicted octanol–water partition coefficient (Wildman–Crippen LogP) is 2.18. The first kappa shape index (κ1) is 13.6. The first-order valence-corrected chi connectivity index (χ1v) is 7.73. The van der Waals surface area contributed by atoms with Crippen LogP contribution in [0.1, 0.15) is 45.6 Å². The Balaban J connectivity index is 1.65. The van der Waals surface area contributed by atoms with Crippen LogP contribution in [0, 0.1) is 11.8 Å². The summed E-state index contributed by atoms with van der Waals surface area (Å²) in [4.78, 5) is 12.4. The Kier molecular flexibility index (Phi) is 3.78. The van der Waals surface area contributed by atoms with Crippen molar-refractivity contribution in [2.45, 2.75) is 51.6 Å². The molecule has 1 aromatic rings. The molecule has 110 valence electrons. The lowest BCUT2D eigenvalue weighted by Crippen LogP contribution is -2.40. The maximum absolute atomic E-state index is 12.4. The molecule has 2 N–H and O–H groups in total. The Labute approximate surface area is 120 Å². The van der Waals surface area contributed by atoms with Crippen molar-refractivity contribution in [2.24, 2.45) is 11.8 Å². The van der Waals surface area contributed by atoms with E-state index in [1.165, 1.54) is 12.8 Å². The van der Waals surface area contributed by atoms with E-state index in [4.69, 9.17) is 0 Å². The third kappa shape index (κ3) is 2.87. The summed E-state index contributed by atoms with van der Waals surface area (Å²) >= 11 is 0. The summed E-state index contributed by atoms with van der Waals surface area (Å²) in [6.45, 7) is 5.25. The molecule has 0 aromatic carbocycles. The Morgan fingerprint density at radius 2 is 2.30 bits per heavy atom. The van der Waals surface area contributed by atoms with Crippen molar-refractivity contribution < 1.29 is 4.79 Å². The van der Waals surface area contributed by atoms with Gasteiger partial charge in [0.1, 0.15) is 5.82 Å². The summed E-state index contributed by atoms with van der Waals surface area (Å²) in [5, 5.41) is 10.8. The van der Waals surface area contributed by atoms with Crippen LogP contribution in [0.4, 0.5) is 5.82 Å². The van der Waals surface area contributed by atoms with Crippen LogP contribution in [0.25, 0.3) is 0 Å². The fourth-order valence-electron chi connectivity index (χ4n) is 3.11. The van der Waals surface area contributed by atoms with Gasteiger partial charge in [-0.05, 0) is 52.0 Å². The number of amides is 1. The molecule has 1 aliphatic heterocycles. The van der Waals surface area contributed by atoms with Crippen molar-refractivity contribution in [3.05, 3.63) is 12.3 Å². The van der Waals surface area contributed by atoms with Gasteiger partial charge in [-0.2, -0.15) is 5.10 Å². The highest BCUT2D eigenvalue weighted by molar-refractivity contribution is 5.91. The van der Waals surface area contributed by atoms with Crippen molar-refractivity contribution in [3.63, 3.8) is 0 Å². The van der Waals surface area contributed by atoms with E-state index < -0.39 is 0 Å². The van der Waals surface area contributed by atoms with E-state index in [2.05, 4.69) is 29.6 Å². The van der Waals surface area contributed by atoms with E-state index in [0.717, 1.165) is 31.1 Å². The van der Waals surface area contributed by atoms with Crippen LogP contribution in [0.3, 0.4) is 0 Å². The van der Waals surface area contributed by atoms with E-state index in [9.17, 15) is 4.79 Å². The summed E-state index contributed by atoms with van der Waals surface area (Å²) in [6.07, 6.45) is 6.17. The number of aromatic nitrogens is 2. The number of anilines is 1. The molecule has 1 aromatic heterocycles. The van der Waals surface area contributed by atoms with E-state index in [-0.39, 0.29) is 11.8 Å². The second-order valence-corrected chi connectivity index (χ2v) is 6.30. The van der Waals surface area contributed by atoms with Gasteiger partial charge in [-0.25, -0.2) is 4.68 Å². The largest absolute Gasteiger partial charge is 0.314 e. The Morgan fingerprint density at radius 1 is 1.50 bits per heavy atom. The number of rotatable bonds is 4. The lowest BCUT2D eigenvalue weighted by atomic mass is 9.92. The fraction of sp³-hybridized carbons (Fsp3) is 0.733. The molecule has 1 amide bonds. The van der Waals surface area contributed by atoms with E-state index in [1.54, 1.807) is 6.20 Å². The van der Waals surface area contributed by atoms with Gasteiger partial charge >= 0.3 is 0 Å². The molecule has 1 saturated carbocycles. The summed E-state index contributed by atoms with van der Waals surface area (Å²) in [5.74, 6) is 1.83. The van der Waals surface area contributed by atoms with E-state index >= 15 is 0 Å². The summed E-state index contributed by atoms with van der Waals surface area (Å²) < 4.78 is 1.97. The van der Waals surface area contributed by atoms with Gasteiger partial charge in [0.15, 0.2) is 0 Å². The SMILES string of the molecule is CC(C1CC1)n1nccc1NC(=O)[C@H]1CCN[C@@H](C)C1. The van der Waals surface area contributed by atoms with Gasteiger partial charge < -0.3 is 10.6 Å². The highest BCUT2D eigenvalue weighted by Gasteiger charge is 2.31. The van der Waals surface area contributed by atoms with Crippen LogP contribution in [0.15, 0.2) is 12.3 Å². The van der Waals surface area contributed by atoms with Crippen LogP contribution in [-0.2, 0) is 4.79 Å². The average molecular weight is 276 g/mol. The van der Waals surface area contributed by atoms with Gasteiger partial charge in [0.25, 0.3) is 0 Å². The highest BCUT2D eigenvalue weighted by atomic mass is 16.2. The lowest BCUT2D eigenvalue weighted by molar-refractivity contribution is -0.120. The minimum absolute atomic E-state index is 0.117. The molecular formula is C15H24N4O. The molecule has 3 rings (SSSR count). The number of carbonyl (C=O) groups is 1. The molecule has 5 heteroatoms. The molecule has 1 saturated heterocycles. The number of hydrogen-bond donors (Lipinski definition) is 2. The zero-order valence-corrected chi connectivity index (χ0v) is 12.3. The molecule has 5 nitrogen and oxygen atoms in total. The van der Waals surface area contributed by atoms with Gasteiger partial charge in [0, 0.05) is 18.0 Å². The van der Waals surface area contributed by atoms with Gasteiger partial charge in [-0.3, -0.25) is 4.79 Å². The Hall–Kier alpha value is -1.36. The zero-order chi connectivity index (χ0) is 14.1. The van der Waals surface area contributed by atoms with Crippen molar-refractivity contribution in [2.75, 3.05) is 11.9 Å². The molecule has 2 heterocycles. The third-order valence-electron chi connectivity index (χ3n) is 4.61. The van der Waals surface area contributed by atoms with Crippen molar-refractivity contribution >= 4 is 11.7 Å². The first-order chi connectivity index (χ1) is 9.65. The third-order valence-corrected chi connectivity index (χ3v) is 4.61. The Bertz CT molecular complexity index is 480. The average Bonchev–Trinajstić information content (AvgIpc) is 3.18. The maximum Gasteiger partial charge on any atom is 0.228 e. The zero-order valence-electron chi connectivity index (χ0n) is 12.3. The van der Waals surface area contributed by atoms with Crippen molar-refractivity contribution in [3.8, 4) is 0 Å². The van der Waals surface area contributed by atoms with Crippen LogP contribution in [0.5, 0.6) is 0 Å². The minimum atomic E-state index is 0.117. The van der Waals surface area contributed by atoms with Gasteiger partial charge in [-0.15, -0.1) is 0 Å². The molecule has 20 heavy (non-hydrogen) atoms. The van der Waals surface area contributed by atoms with Crippen LogP contribution < -0.4 is 10.6 Å². The number of nitrogens with zero attached hydrogens (tertiary/aromatic N) is 2. The smallest absolute Gasteiger partial charge is 0.228 e. The molecular weight excluding hydrogens is 252 g/mol. The van der Waals surface area contributed by atoms with Crippen LogP contribution in [-0.4, -0.2) is 28.3 Å². The number of piperidine rings is 1. The summed E-state index contributed by atoms with van der Waals surface area (Å²) in [6, 6.07) is 2.71. The van der Waals surface area contributed by atoms with Crippen LogP contribution >= 0.6 is 0 Å². The van der Waals surface area contributed by atoms with Gasteiger partial charge in [0.05, 0.1) is 12.2 Å². The number of hydrogen-bond acceptors (Lipinski definition) is 3. The van der Waals surface area contributed by atoms with E-state index in [0.29, 0.717) is 12.1 Å². The standard InChI is InChI=1S/C15H24N4O/c1-10-9-13(5-7-16-10)15(20)18-14-6-8-17-19(14)11(2)12-3-4-12/h6,8,10-13,16H,3-5,7,9H2,1-2H3,(H,18,20)/t10-,11?,13-/m0/s1. The number of carbonyl (C=O) groups excluding carboxylic acids is 1. The van der Waals surface area contributed by atoms with Crippen LogP contribution in [0.2, 0.25) is 0 Å². The molecule has 1 unspecified atom stereocenters. The lowest BCUT2D eigenvalue weighted by Gasteiger charge is -2.27. The minimum Gasteiger partial charge on any atom is -0.314 e. The molecule has 2 aliphatic rings. The Morgan fingerprint density at radius 3 is 3.00 bits per heavy atom. The molecule has 3 atom stereocenters. The molecule has 0 spiro atoms. The van der Waals surface area contributed by atoms with Gasteiger partial charge in [0.2, 0.25) is 5.91 Å². The van der Waals surface area contributed by atoms with Crippen molar-refractivity contribution in [1.82, 2.24) is 15.1 Å². The predicted molar refractivity (Wildman–Crippen MR) is 78.5 cm³/mol. The maximum atomic E-state index is 12.4. The quantitative estimate of drug-likeness (QED) is 0.886. The number of nitrogens with one attached hydrogen (secondary N) is 2. The van der Waals surface area contributed by atoms with E-state index in [1.807, 2.05) is 10.7 Å². The topological polar surface area (TPSA) is 59.0 Å². The summed E-state index contributed by atoms with van der Waals surface area (Å²) in [5.41, 5.74) is 0. The molecule has 1 aliphatic carbocycles. The fourth-order valence-corrected chi connectivity index (χ4v) is 3.11. The molecule has 0 bridgehead atoms. The van der Waals surface area contributed by atoms with Gasteiger partial charge in [-0.1, -0.05) is 0 Å². The molecule has 2 fully saturated rings. The van der Waals surface area contributed by atoms with Crippen molar-refractivity contribution in [1.29, 1.82) is 0 Å². The summed E-state index contributed by atoms with van der Waals surface area (Å²) in [7, 11) is 0. The molecule has 0 radical (unpaired) electrons.